The van der Waals surface area contributed by atoms with Gasteiger partial charge in [0.1, 0.15) is 4.92 Å². The second-order valence-corrected chi connectivity index (χ2v) is 11.8. The third-order valence-electron chi connectivity index (χ3n) is 6.24. The number of benzene rings is 1. The van der Waals surface area contributed by atoms with E-state index in [4.69, 9.17) is 4.42 Å². The smallest absolute Gasteiger partial charge is 0.400 e. The van der Waals surface area contributed by atoms with Crippen LogP contribution >= 0.6 is 0 Å². The summed E-state index contributed by atoms with van der Waals surface area (Å²) in [6.07, 6.45) is 3.83. The fraction of sp³-hybridized carbons (Fsp3) is 0.455. The molecule has 2 atom stereocenters. The third-order valence-corrected chi connectivity index (χ3v) is 8.15. The summed E-state index contributed by atoms with van der Waals surface area (Å²) >= 11 is 0. The van der Waals surface area contributed by atoms with E-state index in [2.05, 4.69) is 31.3 Å². The van der Waals surface area contributed by atoms with Gasteiger partial charge in [0.05, 0.1) is 17.2 Å². The van der Waals surface area contributed by atoms with Crippen LogP contribution in [0.1, 0.15) is 56.2 Å². The maximum atomic E-state index is 13.3. The number of hydrazone groups is 1. The molecule has 1 aromatic carbocycles. The largest absolute Gasteiger partial charge is 0.433 e. The number of nitrogens with zero attached hydrogens (tertiary/aromatic N) is 3. The number of sulfonamides is 1. The lowest BCUT2D eigenvalue weighted by molar-refractivity contribution is -0.402. The van der Waals surface area contributed by atoms with Gasteiger partial charge in [-0.2, -0.15) is 9.41 Å². The molecule has 2 aliphatic rings. The highest BCUT2D eigenvalue weighted by atomic mass is 32.2. The fourth-order valence-corrected chi connectivity index (χ4v) is 7.11. The third kappa shape index (κ3) is 4.69. The van der Waals surface area contributed by atoms with Crippen molar-refractivity contribution in [2.75, 3.05) is 6.54 Å². The Kier molecular flexibility index (Phi) is 5.65. The summed E-state index contributed by atoms with van der Waals surface area (Å²) in [6.45, 7) is 7.05. The van der Waals surface area contributed by atoms with E-state index < -0.39 is 26.7 Å². The molecule has 2 bridgehead atoms. The van der Waals surface area contributed by atoms with Gasteiger partial charge in [-0.1, -0.05) is 20.8 Å². The van der Waals surface area contributed by atoms with Gasteiger partial charge in [0, 0.05) is 18.2 Å². The van der Waals surface area contributed by atoms with Gasteiger partial charge in [0.15, 0.2) is 5.76 Å². The molecule has 10 nitrogen and oxygen atoms in total. The minimum Gasteiger partial charge on any atom is -0.400 e. The van der Waals surface area contributed by atoms with Crippen molar-refractivity contribution in [3.8, 4) is 0 Å². The number of amides is 1. The van der Waals surface area contributed by atoms with Crippen LogP contribution in [0.2, 0.25) is 0 Å². The Balaban J connectivity index is 1.43. The molecule has 1 saturated heterocycles. The number of hydrogen-bond acceptors (Lipinski definition) is 7. The SMILES string of the molecule is CC1(C)C[C@H]2C[C@@](C)(CN2S(=O)(=O)c2ccc(C(=O)N/N=C\c3ccc([N+](=O)[O-])o3)cc2)C1. The maximum Gasteiger partial charge on any atom is 0.433 e. The van der Waals surface area contributed by atoms with Crippen molar-refractivity contribution in [1.82, 2.24) is 9.73 Å². The van der Waals surface area contributed by atoms with Crippen molar-refractivity contribution in [3.05, 3.63) is 57.8 Å². The standard InChI is InChI=1S/C22H26N4O6S/c1-21(2)10-16-11-22(3,13-21)14-25(16)33(30,31)18-7-4-15(5-8-18)20(27)24-23-12-17-6-9-19(32-17)26(28)29/h4-9,12,16H,10-11,13-14H2,1-3H3,(H,24,27)/b23-12-/t16-,22+/m0/s1. The molecule has 0 spiro atoms. The molecular formula is C22H26N4O6S. The first-order chi connectivity index (χ1) is 15.4. The molecule has 0 radical (unpaired) electrons. The van der Waals surface area contributed by atoms with E-state index in [1.165, 1.54) is 36.4 Å². The van der Waals surface area contributed by atoms with E-state index in [1.54, 1.807) is 4.31 Å². The Labute approximate surface area is 191 Å². The van der Waals surface area contributed by atoms with Gasteiger partial charge in [0.25, 0.3) is 5.91 Å². The van der Waals surface area contributed by atoms with E-state index in [1.807, 2.05) is 0 Å². The molecule has 1 N–H and O–H groups in total. The number of furan rings is 1. The lowest BCUT2D eigenvalue weighted by Gasteiger charge is -2.39. The van der Waals surface area contributed by atoms with Gasteiger partial charge in [-0.3, -0.25) is 14.9 Å². The van der Waals surface area contributed by atoms with Gasteiger partial charge in [-0.05, 0) is 60.4 Å². The van der Waals surface area contributed by atoms with E-state index in [9.17, 15) is 23.3 Å². The number of carbonyl (C=O) groups excluding carboxylic acids is 1. The Morgan fingerprint density at radius 1 is 1.21 bits per heavy atom. The van der Waals surface area contributed by atoms with E-state index in [0.29, 0.717) is 6.54 Å². The predicted octanol–water partition coefficient (Wildman–Crippen LogP) is 3.54. The van der Waals surface area contributed by atoms with E-state index in [0.717, 1.165) is 25.5 Å². The zero-order chi connectivity index (χ0) is 24.0. The molecule has 2 heterocycles. The molecule has 176 valence electrons. The van der Waals surface area contributed by atoms with Crippen LogP contribution in [-0.4, -0.2) is 42.4 Å². The average molecular weight is 475 g/mol. The van der Waals surface area contributed by atoms with Gasteiger partial charge < -0.3 is 4.42 Å². The number of hydrogen-bond donors (Lipinski definition) is 1. The monoisotopic (exact) mass is 474 g/mol. The Bertz CT molecular complexity index is 1220. The first-order valence-corrected chi connectivity index (χ1v) is 12.0. The molecule has 4 rings (SSSR count). The van der Waals surface area contributed by atoms with E-state index in [-0.39, 0.29) is 33.1 Å². The summed E-state index contributed by atoms with van der Waals surface area (Å²) in [6, 6.07) is 8.24. The minimum atomic E-state index is -3.68. The number of fused-ring (bicyclic) bond motifs is 2. The summed E-state index contributed by atoms with van der Waals surface area (Å²) in [5, 5.41) is 14.3. The van der Waals surface area contributed by atoms with Crippen molar-refractivity contribution in [2.45, 2.75) is 51.0 Å². The van der Waals surface area contributed by atoms with Crippen LogP contribution in [0.25, 0.3) is 0 Å². The lowest BCUT2D eigenvalue weighted by atomic mass is 9.65. The normalized spacial score (nSPS) is 24.8. The molecule has 1 saturated carbocycles. The van der Waals surface area contributed by atoms with Crippen molar-refractivity contribution in [3.63, 3.8) is 0 Å². The predicted molar refractivity (Wildman–Crippen MR) is 120 cm³/mol. The maximum absolute atomic E-state index is 13.3. The Morgan fingerprint density at radius 3 is 2.55 bits per heavy atom. The summed E-state index contributed by atoms with van der Waals surface area (Å²) in [4.78, 5) is 22.4. The summed E-state index contributed by atoms with van der Waals surface area (Å²) < 4.78 is 33.2. The highest BCUT2D eigenvalue weighted by molar-refractivity contribution is 7.89. The number of nitro groups is 1. The van der Waals surface area contributed by atoms with Crippen LogP contribution in [0.4, 0.5) is 5.88 Å². The number of nitrogens with one attached hydrogen (secondary N) is 1. The molecule has 1 amide bonds. The van der Waals surface area contributed by atoms with Crippen molar-refractivity contribution in [1.29, 1.82) is 0 Å². The fourth-order valence-electron chi connectivity index (χ4n) is 5.33. The molecule has 1 aliphatic carbocycles. The molecule has 1 aromatic heterocycles. The molecule has 33 heavy (non-hydrogen) atoms. The van der Waals surface area contributed by atoms with Gasteiger partial charge in [-0.25, -0.2) is 13.8 Å². The quantitative estimate of drug-likeness (QED) is 0.386. The van der Waals surface area contributed by atoms with Crippen LogP contribution in [0.3, 0.4) is 0 Å². The van der Waals surface area contributed by atoms with Crippen LogP contribution in [-0.2, 0) is 10.0 Å². The second kappa shape index (κ2) is 8.07. The van der Waals surface area contributed by atoms with Gasteiger partial charge >= 0.3 is 5.88 Å². The highest BCUT2D eigenvalue weighted by Crippen LogP contribution is 2.53. The summed E-state index contributed by atoms with van der Waals surface area (Å²) in [5.74, 6) is -0.877. The molecule has 0 unspecified atom stereocenters. The van der Waals surface area contributed by atoms with Crippen molar-refractivity contribution < 1.29 is 22.6 Å². The van der Waals surface area contributed by atoms with Crippen molar-refractivity contribution >= 4 is 28.0 Å². The van der Waals surface area contributed by atoms with Gasteiger partial charge in [0.2, 0.25) is 10.0 Å². The van der Waals surface area contributed by atoms with Crippen molar-refractivity contribution in [2.24, 2.45) is 15.9 Å². The van der Waals surface area contributed by atoms with E-state index >= 15 is 0 Å². The first kappa shape index (κ1) is 23.1. The molecule has 2 aromatic rings. The molecule has 11 heteroatoms. The number of carbonyl (C=O) groups is 1. The topological polar surface area (TPSA) is 135 Å². The first-order valence-electron chi connectivity index (χ1n) is 10.6. The highest BCUT2D eigenvalue weighted by Gasteiger charge is 2.53. The van der Waals surface area contributed by atoms with Crippen LogP contribution in [0.5, 0.6) is 0 Å². The lowest BCUT2D eigenvalue weighted by Crippen LogP contribution is -2.37. The Morgan fingerprint density at radius 2 is 1.91 bits per heavy atom. The summed E-state index contributed by atoms with van der Waals surface area (Å²) in [5.41, 5.74) is 2.59. The average Bonchev–Trinajstić information content (AvgIpc) is 3.29. The van der Waals surface area contributed by atoms with Crippen LogP contribution in [0.15, 0.2) is 50.8 Å². The minimum absolute atomic E-state index is 0.0153. The van der Waals surface area contributed by atoms with Crippen LogP contribution in [0, 0.1) is 20.9 Å². The summed E-state index contributed by atoms with van der Waals surface area (Å²) in [7, 11) is -3.68. The Hall–Kier alpha value is -3.05. The van der Waals surface area contributed by atoms with Gasteiger partial charge in [-0.15, -0.1) is 0 Å². The molecular weight excluding hydrogens is 448 g/mol. The zero-order valence-electron chi connectivity index (χ0n) is 18.6. The second-order valence-electron chi connectivity index (χ2n) is 9.92. The molecule has 1 aliphatic heterocycles. The number of rotatable bonds is 6. The van der Waals surface area contributed by atoms with Crippen LogP contribution < -0.4 is 5.43 Å². The zero-order valence-corrected chi connectivity index (χ0v) is 19.5. The molecule has 2 fully saturated rings.